The van der Waals surface area contributed by atoms with Crippen LogP contribution >= 0.6 is 0 Å². The Labute approximate surface area is 161 Å². The molecule has 0 radical (unpaired) electrons. The van der Waals surface area contributed by atoms with E-state index in [1.165, 1.54) is 5.56 Å². The Bertz CT molecular complexity index is 703. The van der Waals surface area contributed by atoms with E-state index < -0.39 is 0 Å². The molecule has 6 nitrogen and oxygen atoms in total. The smallest absolute Gasteiger partial charge is 0.119 e. The fraction of sp³-hybridized carbons (Fsp3) is 0.524. The SMILES string of the molecule is Cc1ccc(CN2CCN(Cc3cccc(OCCO)c3)C[C@H]2CCO)o1. The molecule has 0 aliphatic carbocycles. The molecule has 0 unspecified atom stereocenters. The van der Waals surface area contributed by atoms with E-state index in [0.29, 0.717) is 12.6 Å². The minimum Gasteiger partial charge on any atom is -0.491 e. The van der Waals surface area contributed by atoms with Gasteiger partial charge in [0, 0.05) is 38.8 Å². The molecule has 0 amide bonds. The molecule has 148 valence electrons. The first kappa shape index (κ1) is 19.9. The van der Waals surface area contributed by atoms with Gasteiger partial charge in [-0.2, -0.15) is 0 Å². The normalized spacial score (nSPS) is 18.7. The van der Waals surface area contributed by atoms with Crippen molar-refractivity contribution in [1.82, 2.24) is 9.80 Å². The molecule has 1 atom stereocenters. The zero-order valence-corrected chi connectivity index (χ0v) is 16.0. The van der Waals surface area contributed by atoms with Crippen molar-refractivity contribution in [1.29, 1.82) is 0 Å². The summed E-state index contributed by atoms with van der Waals surface area (Å²) in [7, 11) is 0. The lowest BCUT2D eigenvalue weighted by Gasteiger charge is -2.41. The molecule has 27 heavy (non-hydrogen) atoms. The van der Waals surface area contributed by atoms with Gasteiger partial charge in [-0.3, -0.25) is 9.80 Å². The molecule has 3 rings (SSSR count). The topological polar surface area (TPSA) is 69.3 Å². The first-order valence-electron chi connectivity index (χ1n) is 9.63. The van der Waals surface area contributed by atoms with Gasteiger partial charge in [-0.05, 0) is 43.2 Å². The average molecular weight is 374 g/mol. The van der Waals surface area contributed by atoms with E-state index in [9.17, 15) is 5.11 Å². The van der Waals surface area contributed by atoms with E-state index in [-0.39, 0.29) is 13.2 Å². The maximum Gasteiger partial charge on any atom is 0.119 e. The number of furan rings is 1. The number of hydrogen-bond donors (Lipinski definition) is 2. The zero-order chi connectivity index (χ0) is 19.1. The van der Waals surface area contributed by atoms with Crippen molar-refractivity contribution in [2.24, 2.45) is 0 Å². The van der Waals surface area contributed by atoms with Crippen LogP contribution in [0.15, 0.2) is 40.8 Å². The summed E-state index contributed by atoms with van der Waals surface area (Å²) in [6, 6.07) is 12.4. The number of aliphatic hydroxyl groups excluding tert-OH is 2. The van der Waals surface area contributed by atoms with Crippen molar-refractivity contribution in [2.45, 2.75) is 32.5 Å². The molecular formula is C21H30N2O4. The summed E-state index contributed by atoms with van der Waals surface area (Å²) in [5.41, 5.74) is 1.20. The minimum absolute atomic E-state index is 0.0181. The molecule has 1 fully saturated rings. The molecule has 0 saturated carbocycles. The van der Waals surface area contributed by atoms with Gasteiger partial charge in [-0.25, -0.2) is 0 Å². The molecule has 1 aromatic carbocycles. The molecule has 1 aromatic heterocycles. The molecular weight excluding hydrogens is 344 g/mol. The highest BCUT2D eigenvalue weighted by atomic mass is 16.5. The van der Waals surface area contributed by atoms with Crippen LogP contribution in [0.3, 0.4) is 0 Å². The summed E-state index contributed by atoms with van der Waals surface area (Å²) in [5.74, 6) is 2.71. The summed E-state index contributed by atoms with van der Waals surface area (Å²) in [6.45, 7) is 6.97. The molecule has 0 bridgehead atoms. The number of nitrogens with zero attached hydrogens (tertiary/aromatic N) is 2. The number of benzene rings is 1. The quantitative estimate of drug-likeness (QED) is 0.700. The summed E-state index contributed by atoms with van der Waals surface area (Å²) < 4.78 is 11.2. The van der Waals surface area contributed by atoms with Crippen LogP contribution < -0.4 is 4.74 Å². The van der Waals surface area contributed by atoms with Crippen LogP contribution in [-0.2, 0) is 13.1 Å². The van der Waals surface area contributed by atoms with E-state index in [4.69, 9.17) is 14.3 Å². The number of hydrogen-bond acceptors (Lipinski definition) is 6. The van der Waals surface area contributed by atoms with Crippen molar-refractivity contribution >= 4 is 0 Å². The molecule has 1 aliphatic rings. The molecule has 0 spiro atoms. The Morgan fingerprint density at radius 1 is 1.11 bits per heavy atom. The van der Waals surface area contributed by atoms with Gasteiger partial charge in [0.1, 0.15) is 23.9 Å². The van der Waals surface area contributed by atoms with Gasteiger partial charge < -0.3 is 19.4 Å². The van der Waals surface area contributed by atoms with Crippen molar-refractivity contribution in [3.8, 4) is 5.75 Å². The Balaban J connectivity index is 1.59. The van der Waals surface area contributed by atoms with Crippen LogP contribution in [0.4, 0.5) is 0 Å². The van der Waals surface area contributed by atoms with Gasteiger partial charge in [0.05, 0.1) is 13.2 Å². The highest BCUT2D eigenvalue weighted by Gasteiger charge is 2.27. The van der Waals surface area contributed by atoms with E-state index in [0.717, 1.165) is 56.4 Å². The Hall–Kier alpha value is -1.86. The molecule has 1 saturated heterocycles. The second-order valence-corrected chi connectivity index (χ2v) is 7.10. The third-order valence-corrected chi connectivity index (χ3v) is 4.97. The van der Waals surface area contributed by atoms with Crippen LogP contribution in [-0.4, -0.2) is 65.5 Å². The number of aliphatic hydroxyl groups is 2. The Kier molecular flexibility index (Phi) is 7.29. The second kappa shape index (κ2) is 9.90. The summed E-state index contributed by atoms with van der Waals surface area (Å²) in [6.07, 6.45) is 0.760. The van der Waals surface area contributed by atoms with E-state index in [1.807, 2.05) is 37.3 Å². The zero-order valence-electron chi connectivity index (χ0n) is 16.0. The summed E-state index contributed by atoms with van der Waals surface area (Å²) in [4.78, 5) is 4.83. The van der Waals surface area contributed by atoms with E-state index >= 15 is 0 Å². The number of aryl methyl sites for hydroxylation is 1. The van der Waals surface area contributed by atoms with Crippen molar-refractivity contribution < 1.29 is 19.4 Å². The lowest BCUT2D eigenvalue weighted by Crippen LogP contribution is -2.52. The number of ether oxygens (including phenoxy) is 1. The van der Waals surface area contributed by atoms with Gasteiger partial charge in [0.2, 0.25) is 0 Å². The van der Waals surface area contributed by atoms with E-state index in [2.05, 4.69) is 15.9 Å². The molecule has 6 heteroatoms. The average Bonchev–Trinajstić information content (AvgIpc) is 3.07. The predicted octanol–water partition coefficient (Wildman–Crippen LogP) is 2.03. The highest BCUT2D eigenvalue weighted by Crippen LogP contribution is 2.21. The van der Waals surface area contributed by atoms with Gasteiger partial charge in [0.25, 0.3) is 0 Å². The van der Waals surface area contributed by atoms with Gasteiger partial charge in [-0.15, -0.1) is 0 Å². The van der Waals surface area contributed by atoms with Crippen molar-refractivity contribution in [3.63, 3.8) is 0 Å². The van der Waals surface area contributed by atoms with Gasteiger partial charge in [-0.1, -0.05) is 12.1 Å². The third kappa shape index (κ3) is 5.81. The lowest BCUT2D eigenvalue weighted by atomic mass is 10.1. The van der Waals surface area contributed by atoms with Crippen LogP contribution in [0.2, 0.25) is 0 Å². The molecule has 2 N–H and O–H groups in total. The maximum atomic E-state index is 9.50. The third-order valence-electron chi connectivity index (χ3n) is 4.97. The predicted molar refractivity (Wildman–Crippen MR) is 104 cm³/mol. The standard InChI is InChI=1S/C21H30N2O4/c1-17-5-6-21(27-17)16-23-9-8-22(15-19(23)7-10-24)14-18-3-2-4-20(13-18)26-12-11-25/h2-6,13,19,24-25H,7-12,14-16H2,1H3/t19-/m1/s1. The maximum absolute atomic E-state index is 9.50. The summed E-state index contributed by atoms with van der Waals surface area (Å²) >= 11 is 0. The monoisotopic (exact) mass is 374 g/mol. The first-order chi connectivity index (χ1) is 13.2. The minimum atomic E-state index is 0.0181. The first-order valence-corrected chi connectivity index (χ1v) is 9.63. The second-order valence-electron chi connectivity index (χ2n) is 7.10. The van der Waals surface area contributed by atoms with Gasteiger partial charge >= 0.3 is 0 Å². The van der Waals surface area contributed by atoms with Gasteiger partial charge in [0.15, 0.2) is 0 Å². The van der Waals surface area contributed by atoms with Crippen molar-refractivity contribution in [2.75, 3.05) is 39.5 Å². The number of piperazine rings is 1. The summed E-state index contributed by atoms with van der Waals surface area (Å²) in [5, 5.41) is 18.4. The lowest BCUT2D eigenvalue weighted by molar-refractivity contribution is 0.0454. The fourth-order valence-corrected chi connectivity index (χ4v) is 3.66. The molecule has 2 heterocycles. The Morgan fingerprint density at radius 2 is 2.00 bits per heavy atom. The van der Waals surface area contributed by atoms with Crippen LogP contribution in [0, 0.1) is 6.92 Å². The van der Waals surface area contributed by atoms with Crippen LogP contribution in [0.5, 0.6) is 5.75 Å². The van der Waals surface area contributed by atoms with E-state index in [1.54, 1.807) is 0 Å². The van der Waals surface area contributed by atoms with Crippen LogP contribution in [0.25, 0.3) is 0 Å². The van der Waals surface area contributed by atoms with Crippen molar-refractivity contribution in [3.05, 3.63) is 53.5 Å². The molecule has 1 aliphatic heterocycles. The fourth-order valence-electron chi connectivity index (χ4n) is 3.66. The Morgan fingerprint density at radius 3 is 2.74 bits per heavy atom. The highest BCUT2D eigenvalue weighted by molar-refractivity contribution is 5.28. The molecule has 2 aromatic rings. The number of rotatable bonds is 9. The largest absolute Gasteiger partial charge is 0.491 e. The van der Waals surface area contributed by atoms with Crippen LogP contribution in [0.1, 0.15) is 23.5 Å².